The van der Waals surface area contributed by atoms with Gasteiger partial charge in [0.2, 0.25) is 0 Å². The molecule has 0 spiro atoms. The lowest BCUT2D eigenvalue weighted by atomic mass is 10.0. The van der Waals surface area contributed by atoms with Crippen LogP contribution in [-0.2, 0) is 9.47 Å². The highest BCUT2D eigenvalue weighted by Gasteiger charge is 2.32. The number of ether oxygens (including phenoxy) is 3. The summed E-state index contributed by atoms with van der Waals surface area (Å²) in [6, 6.07) is 8.25. The van der Waals surface area contributed by atoms with E-state index in [0.717, 1.165) is 44.2 Å². The molecule has 1 aromatic carbocycles. The molecule has 0 bridgehead atoms. The summed E-state index contributed by atoms with van der Waals surface area (Å²) in [5.41, 5.74) is 1.24. The lowest BCUT2D eigenvalue weighted by Gasteiger charge is -2.37. The number of nitrogens with zero attached hydrogens (tertiary/aromatic N) is 2. The van der Waals surface area contributed by atoms with Crippen LogP contribution >= 0.6 is 24.0 Å². The number of benzene rings is 1. The van der Waals surface area contributed by atoms with E-state index in [2.05, 4.69) is 41.2 Å². The third-order valence-corrected chi connectivity index (χ3v) is 5.17. The van der Waals surface area contributed by atoms with Crippen LogP contribution in [0.2, 0.25) is 0 Å². The van der Waals surface area contributed by atoms with Crippen LogP contribution in [0.1, 0.15) is 38.2 Å². The van der Waals surface area contributed by atoms with Gasteiger partial charge in [-0.15, -0.1) is 24.0 Å². The first kappa shape index (κ1) is 23.2. The number of rotatable bonds is 6. The maximum atomic E-state index is 6.00. The van der Waals surface area contributed by atoms with Crippen molar-refractivity contribution in [1.29, 1.82) is 0 Å². The second-order valence-electron chi connectivity index (χ2n) is 7.42. The Morgan fingerprint density at radius 3 is 2.75 bits per heavy atom. The summed E-state index contributed by atoms with van der Waals surface area (Å²) < 4.78 is 17.7. The van der Waals surface area contributed by atoms with Crippen LogP contribution in [0, 0.1) is 0 Å². The molecule has 0 saturated carbocycles. The number of para-hydroxylation sites is 1. The van der Waals surface area contributed by atoms with Crippen molar-refractivity contribution in [3.8, 4) is 5.75 Å². The Kier molecular flexibility index (Phi) is 9.81. The summed E-state index contributed by atoms with van der Waals surface area (Å²) in [6.45, 7) is 8.91. The highest BCUT2D eigenvalue weighted by Crippen LogP contribution is 2.25. The van der Waals surface area contributed by atoms with Gasteiger partial charge < -0.3 is 24.4 Å². The molecule has 0 radical (unpaired) electrons. The maximum absolute atomic E-state index is 6.00. The summed E-state index contributed by atoms with van der Waals surface area (Å²) >= 11 is 0. The molecule has 2 fully saturated rings. The van der Waals surface area contributed by atoms with Gasteiger partial charge in [0, 0.05) is 26.7 Å². The van der Waals surface area contributed by atoms with E-state index < -0.39 is 0 Å². The van der Waals surface area contributed by atoms with Gasteiger partial charge in [0.15, 0.2) is 5.96 Å². The normalized spacial score (nSPS) is 22.9. The fourth-order valence-electron chi connectivity index (χ4n) is 3.73. The molecule has 28 heavy (non-hydrogen) atoms. The van der Waals surface area contributed by atoms with Crippen molar-refractivity contribution in [3.05, 3.63) is 29.8 Å². The van der Waals surface area contributed by atoms with Crippen LogP contribution in [0.5, 0.6) is 5.75 Å². The van der Waals surface area contributed by atoms with Gasteiger partial charge in [-0.25, -0.2) is 0 Å². The molecule has 2 aliphatic rings. The summed E-state index contributed by atoms with van der Waals surface area (Å²) in [5.74, 6) is 2.32. The van der Waals surface area contributed by atoms with Crippen molar-refractivity contribution in [1.82, 2.24) is 10.2 Å². The number of nitrogens with one attached hydrogen (secondary N) is 1. The zero-order valence-corrected chi connectivity index (χ0v) is 19.6. The topological polar surface area (TPSA) is 55.3 Å². The van der Waals surface area contributed by atoms with Crippen LogP contribution in [0.4, 0.5) is 0 Å². The largest absolute Gasteiger partial charge is 0.491 e. The highest BCUT2D eigenvalue weighted by atomic mass is 127. The minimum absolute atomic E-state index is 0. The Morgan fingerprint density at radius 2 is 2.04 bits per heavy atom. The predicted molar refractivity (Wildman–Crippen MR) is 123 cm³/mol. The summed E-state index contributed by atoms with van der Waals surface area (Å²) in [4.78, 5) is 6.70. The fourth-order valence-corrected chi connectivity index (χ4v) is 3.73. The molecule has 2 aliphatic heterocycles. The fraction of sp³-hybridized carbons (Fsp3) is 0.667. The van der Waals surface area contributed by atoms with E-state index in [-0.39, 0.29) is 36.2 Å². The van der Waals surface area contributed by atoms with Crippen LogP contribution in [0.25, 0.3) is 0 Å². The minimum Gasteiger partial charge on any atom is -0.491 e. The lowest BCUT2D eigenvalue weighted by molar-refractivity contribution is -0.0817. The van der Waals surface area contributed by atoms with E-state index in [1.54, 1.807) is 0 Å². The quantitative estimate of drug-likeness (QED) is 0.280. The standard InChI is InChI=1S/C21H33N3O3.HI/c1-16(2)17-7-4-5-8-18(17)26-13-10-23-21(22-3)24-11-14-27-20(15-24)19-9-6-12-25-19;/h4-5,7-8,16,19-20H,6,9-15H2,1-3H3,(H,22,23);1H. The Bertz CT molecular complexity index is 621. The van der Waals surface area contributed by atoms with Crippen molar-refractivity contribution >= 4 is 29.9 Å². The lowest BCUT2D eigenvalue weighted by Crippen LogP contribution is -2.53. The minimum atomic E-state index is 0. The third-order valence-electron chi connectivity index (χ3n) is 5.17. The van der Waals surface area contributed by atoms with Crippen molar-refractivity contribution in [3.63, 3.8) is 0 Å². The summed E-state index contributed by atoms with van der Waals surface area (Å²) in [5, 5.41) is 3.42. The molecule has 2 saturated heterocycles. The number of guanidine groups is 1. The second-order valence-corrected chi connectivity index (χ2v) is 7.42. The van der Waals surface area contributed by atoms with E-state index in [0.29, 0.717) is 25.7 Å². The number of halogens is 1. The van der Waals surface area contributed by atoms with E-state index in [1.165, 1.54) is 5.56 Å². The number of morpholine rings is 1. The Balaban J connectivity index is 0.00000280. The Labute approximate surface area is 186 Å². The van der Waals surface area contributed by atoms with Gasteiger partial charge in [-0.05, 0) is 30.4 Å². The van der Waals surface area contributed by atoms with E-state index in [1.807, 2.05) is 19.2 Å². The molecule has 0 amide bonds. The zero-order valence-electron chi connectivity index (χ0n) is 17.2. The number of aliphatic imine (C=N–C) groups is 1. The van der Waals surface area contributed by atoms with Gasteiger partial charge >= 0.3 is 0 Å². The number of hydrogen-bond donors (Lipinski definition) is 1. The van der Waals surface area contributed by atoms with Crippen molar-refractivity contribution in [2.75, 3.05) is 46.5 Å². The van der Waals surface area contributed by atoms with E-state index in [4.69, 9.17) is 14.2 Å². The van der Waals surface area contributed by atoms with Crippen LogP contribution in [-0.4, -0.2) is 69.6 Å². The average molecular weight is 503 g/mol. The first-order valence-corrected chi connectivity index (χ1v) is 10.1. The molecule has 2 atom stereocenters. The Hall–Kier alpha value is -1.06. The molecule has 2 unspecified atom stereocenters. The maximum Gasteiger partial charge on any atom is 0.193 e. The van der Waals surface area contributed by atoms with Gasteiger partial charge in [-0.3, -0.25) is 4.99 Å². The first-order valence-electron chi connectivity index (χ1n) is 10.1. The van der Waals surface area contributed by atoms with E-state index in [9.17, 15) is 0 Å². The van der Waals surface area contributed by atoms with Crippen LogP contribution < -0.4 is 10.1 Å². The molecule has 7 heteroatoms. The monoisotopic (exact) mass is 503 g/mol. The molecular weight excluding hydrogens is 469 g/mol. The van der Waals surface area contributed by atoms with Crippen LogP contribution in [0.15, 0.2) is 29.3 Å². The summed E-state index contributed by atoms with van der Waals surface area (Å²) in [6.07, 6.45) is 2.58. The average Bonchev–Trinajstić information content (AvgIpc) is 3.23. The van der Waals surface area contributed by atoms with Gasteiger partial charge in [-0.1, -0.05) is 32.0 Å². The molecular formula is C21H34IN3O3. The molecule has 6 nitrogen and oxygen atoms in total. The molecule has 1 aromatic rings. The van der Waals surface area contributed by atoms with Crippen molar-refractivity contribution < 1.29 is 14.2 Å². The van der Waals surface area contributed by atoms with Gasteiger partial charge in [-0.2, -0.15) is 0 Å². The van der Waals surface area contributed by atoms with Gasteiger partial charge in [0.25, 0.3) is 0 Å². The predicted octanol–water partition coefficient (Wildman–Crippen LogP) is 3.26. The number of hydrogen-bond acceptors (Lipinski definition) is 4. The Morgan fingerprint density at radius 1 is 1.25 bits per heavy atom. The SMILES string of the molecule is CN=C(NCCOc1ccccc1C(C)C)N1CCOC(C2CCCO2)C1.I. The molecule has 2 heterocycles. The highest BCUT2D eigenvalue weighted by molar-refractivity contribution is 14.0. The van der Waals surface area contributed by atoms with E-state index >= 15 is 0 Å². The van der Waals surface area contributed by atoms with Crippen molar-refractivity contribution in [2.24, 2.45) is 4.99 Å². The summed E-state index contributed by atoms with van der Waals surface area (Å²) in [7, 11) is 1.83. The third kappa shape index (κ3) is 6.22. The van der Waals surface area contributed by atoms with Crippen LogP contribution in [0.3, 0.4) is 0 Å². The molecule has 0 aromatic heterocycles. The first-order chi connectivity index (χ1) is 13.2. The molecule has 1 N–H and O–H groups in total. The van der Waals surface area contributed by atoms with Gasteiger partial charge in [0.05, 0.1) is 19.3 Å². The van der Waals surface area contributed by atoms with Gasteiger partial charge in [0.1, 0.15) is 18.5 Å². The second kappa shape index (κ2) is 11.8. The molecule has 3 rings (SSSR count). The zero-order chi connectivity index (χ0) is 19.1. The van der Waals surface area contributed by atoms with Crippen molar-refractivity contribution in [2.45, 2.75) is 44.8 Å². The smallest absolute Gasteiger partial charge is 0.193 e. The molecule has 158 valence electrons. The molecule has 0 aliphatic carbocycles.